The minimum absolute atomic E-state index is 0.0163. The first-order valence-corrected chi connectivity index (χ1v) is 9.98. The van der Waals surface area contributed by atoms with E-state index in [1.165, 1.54) is 0 Å². The number of alkyl halides is 3. The summed E-state index contributed by atoms with van der Waals surface area (Å²) in [5, 5.41) is 22.0. The number of hydrogen-bond acceptors (Lipinski definition) is 3. The second kappa shape index (κ2) is 6.67. The summed E-state index contributed by atoms with van der Waals surface area (Å²) < 4.78 is 52.2. The number of aliphatic hydroxyl groups is 1. The van der Waals surface area contributed by atoms with Crippen LogP contribution in [0.3, 0.4) is 0 Å². The van der Waals surface area contributed by atoms with Gasteiger partial charge >= 0.3 is 6.18 Å². The van der Waals surface area contributed by atoms with Crippen LogP contribution in [0.4, 0.5) is 17.6 Å². The van der Waals surface area contributed by atoms with Gasteiger partial charge in [0.15, 0.2) is 0 Å². The minimum atomic E-state index is -4.89. The number of hydrogen-bond donors (Lipinski definition) is 3. The van der Waals surface area contributed by atoms with Crippen molar-refractivity contribution in [2.75, 3.05) is 0 Å². The maximum absolute atomic E-state index is 13.5. The van der Waals surface area contributed by atoms with E-state index in [9.17, 15) is 27.5 Å². The lowest BCUT2D eigenvalue weighted by atomic mass is 9.86. The highest BCUT2D eigenvalue weighted by Crippen LogP contribution is 2.60. The molecule has 2 aromatic carbocycles. The predicted octanol–water partition coefficient (Wildman–Crippen LogP) is 4.40. The molecule has 2 aliphatic rings. The highest BCUT2D eigenvalue weighted by Gasteiger charge is 2.62. The van der Waals surface area contributed by atoms with Crippen molar-refractivity contribution < 1.29 is 27.5 Å². The maximum Gasteiger partial charge on any atom is 0.419 e. The van der Waals surface area contributed by atoms with Crippen molar-refractivity contribution in [2.45, 2.75) is 30.7 Å². The number of nitrogens with one attached hydrogen (secondary N) is 2. The van der Waals surface area contributed by atoms with Crippen molar-refractivity contribution in [3.8, 4) is 0 Å². The van der Waals surface area contributed by atoms with Gasteiger partial charge in [-0.15, -0.1) is 0 Å². The number of halogens is 5. The number of aromatic nitrogens is 2. The molecule has 1 heterocycles. The van der Waals surface area contributed by atoms with Crippen molar-refractivity contribution in [1.82, 2.24) is 15.5 Å². The molecule has 4 atom stereocenters. The molecule has 0 radical (unpaired) electrons. The summed E-state index contributed by atoms with van der Waals surface area (Å²) in [4.78, 5) is 12.4. The first kappa shape index (κ1) is 20.3. The van der Waals surface area contributed by atoms with Gasteiger partial charge in [0.05, 0.1) is 22.9 Å². The second-order valence-electron chi connectivity index (χ2n) is 8.24. The Labute approximate surface area is 178 Å². The van der Waals surface area contributed by atoms with Crippen LogP contribution in [-0.2, 0) is 11.8 Å². The third kappa shape index (κ3) is 3.36. The van der Waals surface area contributed by atoms with Crippen molar-refractivity contribution in [3.63, 3.8) is 0 Å². The van der Waals surface area contributed by atoms with Gasteiger partial charge in [0.2, 0.25) is 0 Å². The van der Waals surface area contributed by atoms with Gasteiger partial charge in [0.25, 0.3) is 5.91 Å². The third-order valence-electron chi connectivity index (χ3n) is 6.33. The van der Waals surface area contributed by atoms with Crippen molar-refractivity contribution in [1.29, 1.82) is 0 Å². The third-order valence-corrected chi connectivity index (χ3v) is 6.55. The molecule has 0 saturated heterocycles. The summed E-state index contributed by atoms with van der Waals surface area (Å²) in [6.45, 7) is 0. The molecule has 2 saturated carbocycles. The fourth-order valence-electron chi connectivity index (χ4n) is 4.82. The highest BCUT2D eigenvalue weighted by atomic mass is 35.5. The van der Waals surface area contributed by atoms with E-state index in [2.05, 4.69) is 15.5 Å². The van der Waals surface area contributed by atoms with Crippen LogP contribution in [0.1, 0.15) is 34.3 Å². The Balaban J connectivity index is 1.31. The van der Waals surface area contributed by atoms with Crippen molar-refractivity contribution in [3.05, 3.63) is 64.1 Å². The van der Waals surface area contributed by atoms with Gasteiger partial charge in [-0.1, -0.05) is 11.6 Å². The van der Waals surface area contributed by atoms with Gasteiger partial charge in [-0.25, -0.2) is 4.39 Å². The number of amides is 1. The van der Waals surface area contributed by atoms with Crippen LogP contribution in [-0.4, -0.2) is 27.3 Å². The van der Waals surface area contributed by atoms with Crippen LogP contribution in [0.5, 0.6) is 0 Å². The molecule has 2 fully saturated rings. The number of rotatable bonds is 3. The summed E-state index contributed by atoms with van der Waals surface area (Å²) in [6, 6.07) is 5.34. The quantitative estimate of drug-likeness (QED) is 0.514. The first-order chi connectivity index (χ1) is 14.6. The normalized spacial score (nSPS) is 27.4. The molecule has 3 aromatic rings. The molecule has 1 amide bonds. The topological polar surface area (TPSA) is 78.0 Å². The molecule has 5 nitrogen and oxygen atoms in total. The van der Waals surface area contributed by atoms with Gasteiger partial charge in [-0.3, -0.25) is 9.89 Å². The molecule has 5 rings (SSSR count). The lowest BCUT2D eigenvalue weighted by molar-refractivity contribution is -0.140. The van der Waals surface area contributed by atoms with Gasteiger partial charge in [0, 0.05) is 22.0 Å². The monoisotopic (exact) mass is 453 g/mol. The molecule has 0 aliphatic heterocycles. The summed E-state index contributed by atoms with van der Waals surface area (Å²) in [5.41, 5.74) is -1.50. The minimum Gasteiger partial charge on any atom is -0.385 e. The van der Waals surface area contributed by atoms with Gasteiger partial charge in [0.1, 0.15) is 5.82 Å². The number of fused-ring (bicyclic) bond motifs is 2. The predicted molar refractivity (Wildman–Crippen MR) is 104 cm³/mol. The molecule has 162 valence electrons. The molecule has 10 heteroatoms. The summed E-state index contributed by atoms with van der Waals surface area (Å²) in [6.07, 6.45) is -2.52. The van der Waals surface area contributed by atoms with Crippen molar-refractivity contribution >= 4 is 28.4 Å². The molecular weight excluding hydrogens is 438 g/mol. The van der Waals surface area contributed by atoms with Crippen LogP contribution >= 0.6 is 11.6 Å². The van der Waals surface area contributed by atoms with E-state index < -0.39 is 29.1 Å². The standard InChI is InChI=1S/C21H16ClF4N3O2/c22-10-4-14(13-8-27-29-17(13)5-10)20(31)6-11-12(7-20)18(11)28-19(30)9-1-2-16(23)15(3-9)21(24,25)26/h1-5,8,11-12,18,31H,6-7H2,(H,27,29)(H,28,30)/t11-,12+,18-,20+. The zero-order chi connectivity index (χ0) is 22.1. The van der Waals surface area contributed by atoms with Crippen LogP contribution in [0, 0.1) is 17.7 Å². The average molecular weight is 454 g/mol. The lowest BCUT2D eigenvalue weighted by Gasteiger charge is -2.27. The van der Waals surface area contributed by atoms with Crippen LogP contribution in [0.15, 0.2) is 36.5 Å². The molecule has 31 heavy (non-hydrogen) atoms. The largest absolute Gasteiger partial charge is 0.419 e. The zero-order valence-corrected chi connectivity index (χ0v) is 16.6. The Bertz CT molecular complexity index is 1200. The number of carbonyl (C=O) groups excluding carboxylic acids is 1. The fourth-order valence-corrected chi connectivity index (χ4v) is 5.04. The molecule has 0 bridgehead atoms. The van der Waals surface area contributed by atoms with Gasteiger partial charge in [-0.2, -0.15) is 18.3 Å². The zero-order valence-electron chi connectivity index (χ0n) is 15.8. The highest BCUT2D eigenvalue weighted by molar-refractivity contribution is 6.31. The van der Waals surface area contributed by atoms with E-state index in [4.69, 9.17) is 11.6 Å². The van der Waals surface area contributed by atoms with E-state index in [0.717, 1.165) is 11.5 Å². The lowest BCUT2D eigenvalue weighted by Crippen LogP contribution is -2.33. The number of aromatic amines is 1. The Morgan fingerprint density at radius 3 is 2.61 bits per heavy atom. The summed E-state index contributed by atoms with van der Waals surface area (Å²) in [7, 11) is 0. The molecule has 3 N–H and O–H groups in total. The van der Waals surface area contributed by atoms with E-state index >= 15 is 0 Å². The smallest absolute Gasteiger partial charge is 0.385 e. The Kier molecular flexibility index (Phi) is 4.36. The average Bonchev–Trinajstić information content (AvgIpc) is 3.05. The molecular formula is C21H16ClF4N3O2. The number of carbonyl (C=O) groups is 1. The van der Waals surface area contributed by atoms with Crippen LogP contribution in [0.25, 0.3) is 10.9 Å². The van der Waals surface area contributed by atoms with E-state index in [-0.39, 0.29) is 23.4 Å². The van der Waals surface area contributed by atoms with Crippen LogP contribution in [0.2, 0.25) is 5.02 Å². The molecule has 2 aliphatic carbocycles. The summed E-state index contributed by atoms with van der Waals surface area (Å²) in [5.74, 6) is -2.16. The number of nitrogens with zero attached hydrogens (tertiary/aromatic N) is 1. The van der Waals surface area contributed by atoms with Crippen molar-refractivity contribution in [2.24, 2.45) is 11.8 Å². The number of H-pyrrole nitrogens is 1. The molecule has 0 spiro atoms. The van der Waals surface area contributed by atoms with E-state index in [0.29, 0.717) is 41.1 Å². The Morgan fingerprint density at radius 2 is 1.94 bits per heavy atom. The molecule has 1 aromatic heterocycles. The maximum atomic E-state index is 13.5. The van der Waals surface area contributed by atoms with E-state index in [1.54, 1.807) is 18.3 Å². The van der Waals surface area contributed by atoms with Crippen LogP contribution < -0.4 is 5.32 Å². The number of benzene rings is 2. The summed E-state index contributed by atoms with van der Waals surface area (Å²) >= 11 is 6.17. The Morgan fingerprint density at radius 1 is 1.23 bits per heavy atom. The van der Waals surface area contributed by atoms with E-state index in [1.807, 2.05) is 0 Å². The van der Waals surface area contributed by atoms with Gasteiger partial charge in [-0.05, 0) is 60.6 Å². The Hall–Kier alpha value is -2.65. The molecule has 0 unspecified atom stereocenters. The SMILES string of the molecule is O=C(N[C@@H]1[C@@H]2C[C@@](O)(c3cc(Cl)cc4[nH]ncc34)C[C@@H]21)c1ccc(F)c(C(F)(F)F)c1. The second-order valence-corrected chi connectivity index (χ2v) is 8.68. The first-order valence-electron chi connectivity index (χ1n) is 9.60. The van der Waals surface area contributed by atoms with Gasteiger partial charge < -0.3 is 10.4 Å². The fraction of sp³-hybridized carbons (Fsp3) is 0.333.